The molecule has 0 spiro atoms. The maximum Gasteiger partial charge on any atom is 0.410 e. The van der Waals surface area contributed by atoms with Gasteiger partial charge in [-0.05, 0) is 154 Å². The maximum absolute atomic E-state index is 14.5. The molecule has 4 N–H and O–H groups in total. The molecule has 0 saturated carbocycles. The van der Waals surface area contributed by atoms with Crippen LogP contribution in [0.2, 0.25) is 0 Å². The molecule has 76 heavy (non-hydrogen) atoms. The van der Waals surface area contributed by atoms with Gasteiger partial charge in [0.1, 0.15) is 47.5 Å². The second kappa shape index (κ2) is 25.6. The van der Waals surface area contributed by atoms with Crippen molar-refractivity contribution in [2.45, 2.75) is 192 Å². The first kappa shape index (κ1) is 58.2. The minimum Gasteiger partial charge on any atom is -0.444 e. The van der Waals surface area contributed by atoms with Crippen molar-refractivity contribution in [3.05, 3.63) is 70.8 Å². The summed E-state index contributed by atoms with van der Waals surface area (Å²) in [5.41, 5.74) is 2.83. The van der Waals surface area contributed by atoms with Crippen molar-refractivity contribution in [3.63, 3.8) is 0 Å². The van der Waals surface area contributed by atoms with E-state index in [4.69, 9.17) is 9.47 Å². The van der Waals surface area contributed by atoms with Crippen molar-refractivity contribution < 1.29 is 47.8 Å². The van der Waals surface area contributed by atoms with Gasteiger partial charge in [-0.1, -0.05) is 60.4 Å². The zero-order valence-corrected chi connectivity index (χ0v) is 46.0. The molecule has 2 aliphatic carbocycles. The van der Waals surface area contributed by atoms with E-state index in [-0.39, 0.29) is 49.8 Å². The minimum absolute atomic E-state index is 0.203. The fraction of sp³-hybridized carbons (Fsp3) is 0.586. The first-order chi connectivity index (χ1) is 35.9. The first-order valence-electron chi connectivity index (χ1n) is 26.8. The molecule has 8 amide bonds. The van der Waals surface area contributed by atoms with Gasteiger partial charge in [0, 0.05) is 40.0 Å². The molecule has 8 atom stereocenters. The first-order valence-corrected chi connectivity index (χ1v) is 26.8. The molecule has 18 heteroatoms. The third kappa shape index (κ3) is 15.3. The summed E-state index contributed by atoms with van der Waals surface area (Å²) in [7, 11) is 2.84. The number of carbonyl (C=O) groups excluding carboxylic acids is 8. The molecular formula is C58H78N8O10. The molecule has 2 saturated heterocycles. The van der Waals surface area contributed by atoms with Gasteiger partial charge in [0.2, 0.25) is 35.4 Å². The van der Waals surface area contributed by atoms with Crippen LogP contribution in [-0.4, -0.2) is 142 Å². The van der Waals surface area contributed by atoms with Gasteiger partial charge in [-0.25, -0.2) is 9.59 Å². The highest BCUT2D eigenvalue weighted by Crippen LogP contribution is 2.32. The van der Waals surface area contributed by atoms with Crippen LogP contribution in [0.15, 0.2) is 48.5 Å². The van der Waals surface area contributed by atoms with E-state index in [9.17, 15) is 38.4 Å². The number of amides is 8. The molecule has 6 rings (SSSR count). The van der Waals surface area contributed by atoms with Crippen molar-refractivity contribution in [2.75, 3.05) is 27.2 Å². The molecule has 2 aromatic carbocycles. The van der Waals surface area contributed by atoms with Gasteiger partial charge < -0.3 is 40.5 Å². The number of fused-ring (bicyclic) bond motifs is 2. The molecular weight excluding hydrogens is 969 g/mol. The molecule has 2 heterocycles. The number of hydrogen-bond donors (Lipinski definition) is 4. The fourth-order valence-corrected chi connectivity index (χ4v) is 10.1. The smallest absolute Gasteiger partial charge is 0.410 e. The number of likely N-dealkylation sites (N-methyl/N-ethyl adjacent to an activating group) is 2. The lowest BCUT2D eigenvalue weighted by molar-refractivity contribution is -0.142. The predicted molar refractivity (Wildman–Crippen MR) is 286 cm³/mol. The third-order valence-electron chi connectivity index (χ3n) is 14.4. The molecule has 2 aromatic rings. The monoisotopic (exact) mass is 1050 g/mol. The highest BCUT2D eigenvalue weighted by Gasteiger charge is 2.41. The number of ether oxygens (including phenoxy) is 2. The van der Waals surface area contributed by atoms with Gasteiger partial charge in [-0.15, -0.1) is 0 Å². The van der Waals surface area contributed by atoms with Gasteiger partial charge in [-0.3, -0.25) is 38.6 Å². The van der Waals surface area contributed by atoms with Crippen LogP contribution in [0.25, 0.3) is 0 Å². The summed E-state index contributed by atoms with van der Waals surface area (Å²) in [6, 6.07) is 9.39. The normalized spacial score (nSPS) is 20.4. The molecule has 4 aliphatic rings. The number of carbonyl (C=O) groups is 8. The average molecular weight is 1050 g/mol. The number of hydrogen-bond acceptors (Lipinski definition) is 10. The zero-order valence-electron chi connectivity index (χ0n) is 46.0. The van der Waals surface area contributed by atoms with Crippen molar-refractivity contribution in [2.24, 2.45) is 0 Å². The summed E-state index contributed by atoms with van der Waals surface area (Å²) < 4.78 is 11.0. The number of aryl methyl sites for hydroxylation is 2. The van der Waals surface area contributed by atoms with E-state index < -0.39 is 83.3 Å². The summed E-state index contributed by atoms with van der Waals surface area (Å²) in [6.45, 7) is 13.8. The van der Waals surface area contributed by atoms with Crippen LogP contribution in [-0.2, 0) is 51.1 Å². The Labute approximate surface area is 448 Å². The van der Waals surface area contributed by atoms with E-state index in [1.807, 2.05) is 36.4 Å². The number of likely N-dealkylation sites (tertiary alicyclic amines) is 2. The Morgan fingerprint density at radius 3 is 1.32 bits per heavy atom. The predicted octanol–water partition coefficient (Wildman–Crippen LogP) is 5.62. The molecule has 0 radical (unpaired) electrons. The second-order valence-corrected chi connectivity index (χ2v) is 22.4. The summed E-state index contributed by atoms with van der Waals surface area (Å²) >= 11 is 0. The Kier molecular flexibility index (Phi) is 19.6. The fourth-order valence-electron chi connectivity index (χ4n) is 10.1. The van der Waals surface area contributed by atoms with E-state index in [0.29, 0.717) is 25.7 Å². The minimum atomic E-state index is -1.25. The van der Waals surface area contributed by atoms with Gasteiger partial charge in [0.05, 0.1) is 12.1 Å². The van der Waals surface area contributed by atoms with E-state index in [1.54, 1.807) is 41.5 Å². The average Bonchev–Trinajstić information content (AvgIpc) is 4.08. The van der Waals surface area contributed by atoms with Crippen molar-refractivity contribution in [3.8, 4) is 23.7 Å². The Hall–Kier alpha value is -7.08. The van der Waals surface area contributed by atoms with Gasteiger partial charge in [0.25, 0.3) is 0 Å². The Balaban J connectivity index is 1.21. The van der Waals surface area contributed by atoms with Crippen LogP contribution < -0.4 is 21.3 Å². The molecule has 0 bridgehead atoms. The summed E-state index contributed by atoms with van der Waals surface area (Å²) in [4.78, 5) is 116. The lowest BCUT2D eigenvalue weighted by Gasteiger charge is -2.32. The SMILES string of the molecule is C[C@@H](C(=O)N[C@@H](CC#CC#CC[C@H](NC(=O)[C@H](C)N(C)C(=O)OC(C)(C)C)C(=O)N1CCC[C@H]1C(=O)N[C@@H]1CCCc2ccccc21)C(=O)N1CCC[C@H]1C(=O)N[C@@H]1CCCc2ccccc21)N(C)C(=O)OC(C)(C)C. The van der Waals surface area contributed by atoms with Gasteiger partial charge >= 0.3 is 12.2 Å². The topological polar surface area (TPSA) is 216 Å². The van der Waals surface area contributed by atoms with Crippen LogP contribution in [0.1, 0.15) is 154 Å². The molecule has 2 fully saturated rings. The Morgan fingerprint density at radius 2 is 0.947 bits per heavy atom. The standard InChI is InChI=1S/C58H78N8O10/c1-37(63(9)55(73)75-57(3,4)5)49(67)61-45(53(71)65-35-21-33-47(65)51(69)59-43-31-19-25-39-23-15-17-27-41(39)43)29-13-11-12-14-30-46(62-50(68)38(2)64(10)56(74)76-58(6,7)8)54(72)66-36-22-34-48(66)52(70)60-44-32-20-26-40-24-16-18-28-42(40)44/h15-18,23-24,27-28,37-38,43-48H,19-22,25-26,29-36H2,1-10H3,(H,59,69)(H,60,70)(H,61,67)(H,62,68)/t37-,38-,43+,44+,45-,46-,47-,48-/m0/s1. The van der Waals surface area contributed by atoms with E-state index in [1.165, 1.54) is 48.9 Å². The highest BCUT2D eigenvalue weighted by atomic mass is 16.6. The van der Waals surface area contributed by atoms with Gasteiger partial charge in [-0.2, -0.15) is 0 Å². The maximum atomic E-state index is 14.5. The zero-order chi connectivity index (χ0) is 55.5. The molecule has 0 unspecified atom stereocenters. The van der Waals surface area contributed by atoms with Crippen LogP contribution in [0.3, 0.4) is 0 Å². The summed E-state index contributed by atoms with van der Waals surface area (Å²) in [5.74, 6) is 8.30. The highest BCUT2D eigenvalue weighted by molar-refractivity contribution is 5.96. The lowest BCUT2D eigenvalue weighted by Crippen LogP contribution is -2.56. The van der Waals surface area contributed by atoms with Crippen molar-refractivity contribution >= 4 is 47.6 Å². The van der Waals surface area contributed by atoms with Crippen molar-refractivity contribution in [1.29, 1.82) is 0 Å². The molecule has 410 valence electrons. The summed E-state index contributed by atoms with van der Waals surface area (Å²) in [5, 5.41) is 11.9. The number of nitrogens with zero attached hydrogens (tertiary/aromatic N) is 4. The van der Waals surface area contributed by atoms with Crippen LogP contribution in [0.5, 0.6) is 0 Å². The summed E-state index contributed by atoms with van der Waals surface area (Å²) in [6.07, 6.45) is 5.23. The van der Waals surface area contributed by atoms with Crippen molar-refractivity contribution in [1.82, 2.24) is 40.9 Å². The van der Waals surface area contributed by atoms with E-state index in [2.05, 4.69) is 57.1 Å². The Bertz CT molecular complexity index is 2440. The Morgan fingerprint density at radius 1 is 0.579 bits per heavy atom. The molecule has 2 aliphatic heterocycles. The van der Waals surface area contributed by atoms with Crippen LogP contribution in [0.4, 0.5) is 9.59 Å². The number of benzene rings is 2. The van der Waals surface area contributed by atoms with E-state index in [0.717, 1.165) is 59.5 Å². The number of rotatable bonds is 14. The quantitative estimate of drug-likeness (QED) is 0.171. The largest absolute Gasteiger partial charge is 0.444 e. The third-order valence-corrected chi connectivity index (χ3v) is 14.4. The van der Waals surface area contributed by atoms with Crippen LogP contribution >= 0.6 is 0 Å². The van der Waals surface area contributed by atoms with E-state index >= 15 is 0 Å². The molecule has 18 nitrogen and oxygen atoms in total. The lowest BCUT2D eigenvalue weighted by atomic mass is 9.87. The molecule has 0 aromatic heterocycles. The van der Waals surface area contributed by atoms with Gasteiger partial charge in [0.15, 0.2) is 0 Å². The van der Waals surface area contributed by atoms with Crippen LogP contribution in [0, 0.1) is 23.7 Å². The number of nitrogens with one attached hydrogen (secondary N) is 4. The second-order valence-electron chi connectivity index (χ2n) is 22.4.